The van der Waals surface area contributed by atoms with Crippen molar-refractivity contribution in [2.75, 3.05) is 14.1 Å². The molecule has 3 N–H and O–H groups in total. The van der Waals surface area contributed by atoms with Gasteiger partial charge in [-0.3, -0.25) is 0 Å². The quantitative estimate of drug-likeness (QED) is 0.796. The van der Waals surface area contributed by atoms with Crippen LogP contribution in [0.5, 0.6) is 5.75 Å². The maximum Gasteiger partial charge on any atom is 0.120 e. The molecule has 3 heteroatoms. The van der Waals surface area contributed by atoms with Crippen molar-refractivity contribution in [1.82, 2.24) is 4.90 Å². The minimum atomic E-state index is 0.00603. The molecule has 0 spiro atoms. The molecule has 0 fully saturated rings. The molecule has 1 atom stereocenters. The van der Waals surface area contributed by atoms with Crippen LogP contribution in [-0.2, 0) is 6.54 Å². The van der Waals surface area contributed by atoms with Gasteiger partial charge in [-0.25, -0.2) is 0 Å². The molecule has 1 rings (SSSR count). The third kappa shape index (κ3) is 2.70. The Kier molecular flexibility index (Phi) is 3.72. The molecular formula is C12H20N2O. The SMILES string of the molecule is Cc1c(C(C)N)ccc(O)c1CN(C)C. The fraction of sp³-hybridized carbons (Fsp3) is 0.500. The first-order valence-corrected chi connectivity index (χ1v) is 5.15. The summed E-state index contributed by atoms with van der Waals surface area (Å²) in [7, 11) is 3.97. The van der Waals surface area contributed by atoms with Gasteiger partial charge in [0.05, 0.1) is 0 Å². The number of rotatable bonds is 3. The molecule has 0 bridgehead atoms. The van der Waals surface area contributed by atoms with Crippen molar-refractivity contribution in [3.05, 3.63) is 28.8 Å². The summed E-state index contributed by atoms with van der Waals surface area (Å²) in [6.07, 6.45) is 0. The molecule has 84 valence electrons. The van der Waals surface area contributed by atoms with E-state index in [0.717, 1.165) is 23.2 Å². The summed E-state index contributed by atoms with van der Waals surface area (Å²) in [5.74, 6) is 0.352. The number of aromatic hydroxyl groups is 1. The topological polar surface area (TPSA) is 49.5 Å². The molecule has 1 aromatic rings. The zero-order valence-electron chi connectivity index (χ0n) is 9.91. The summed E-state index contributed by atoms with van der Waals surface area (Å²) in [6.45, 7) is 4.70. The molecule has 0 radical (unpaired) electrons. The number of phenolic OH excluding ortho intramolecular Hbond substituents is 1. The summed E-state index contributed by atoms with van der Waals surface area (Å²) in [6, 6.07) is 3.63. The van der Waals surface area contributed by atoms with Crippen LogP contribution in [0.1, 0.15) is 29.7 Å². The second kappa shape index (κ2) is 4.64. The highest BCUT2D eigenvalue weighted by Gasteiger charge is 2.12. The van der Waals surface area contributed by atoms with Gasteiger partial charge < -0.3 is 15.7 Å². The van der Waals surface area contributed by atoms with Gasteiger partial charge in [0.2, 0.25) is 0 Å². The number of benzene rings is 1. The molecule has 0 amide bonds. The molecule has 15 heavy (non-hydrogen) atoms. The highest BCUT2D eigenvalue weighted by molar-refractivity contribution is 5.44. The normalized spacial score (nSPS) is 13.2. The van der Waals surface area contributed by atoms with E-state index < -0.39 is 0 Å². The summed E-state index contributed by atoms with van der Waals surface area (Å²) < 4.78 is 0. The van der Waals surface area contributed by atoms with Crippen molar-refractivity contribution >= 4 is 0 Å². The van der Waals surface area contributed by atoms with Crippen LogP contribution >= 0.6 is 0 Å². The molecule has 0 aromatic heterocycles. The molecule has 1 aromatic carbocycles. The average molecular weight is 208 g/mol. The van der Waals surface area contributed by atoms with Crippen LogP contribution in [0.2, 0.25) is 0 Å². The lowest BCUT2D eigenvalue weighted by Crippen LogP contribution is -2.14. The number of hydrogen-bond acceptors (Lipinski definition) is 3. The van der Waals surface area contributed by atoms with E-state index >= 15 is 0 Å². The van der Waals surface area contributed by atoms with E-state index in [2.05, 4.69) is 0 Å². The number of nitrogens with zero attached hydrogens (tertiary/aromatic N) is 1. The average Bonchev–Trinajstić information content (AvgIpc) is 2.11. The van der Waals surface area contributed by atoms with Gasteiger partial charge in [-0.2, -0.15) is 0 Å². The van der Waals surface area contributed by atoms with Crippen molar-refractivity contribution in [2.24, 2.45) is 5.73 Å². The first kappa shape index (κ1) is 12.0. The van der Waals surface area contributed by atoms with Crippen molar-refractivity contribution in [3.8, 4) is 5.75 Å². The Morgan fingerprint density at radius 3 is 2.47 bits per heavy atom. The van der Waals surface area contributed by atoms with E-state index in [1.165, 1.54) is 0 Å². The zero-order valence-corrected chi connectivity index (χ0v) is 9.91. The third-order valence-electron chi connectivity index (χ3n) is 2.58. The van der Waals surface area contributed by atoms with E-state index in [1.54, 1.807) is 6.07 Å². The van der Waals surface area contributed by atoms with Crippen molar-refractivity contribution in [3.63, 3.8) is 0 Å². The Hall–Kier alpha value is -1.06. The van der Waals surface area contributed by atoms with Gasteiger partial charge in [0.25, 0.3) is 0 Å². The fourth-order valence-corrected chi connectivity index (χ4v) is 1.77. The van der Waals surface area contributed by atoms with Gasteiger partial charge in [0.15, 0.2) is 0 Å². The second-order valence-electron chi connectivity index (χ2n) is 4.30. The molecule has 0 aliphatic heterocycles. The Morgan fingerprint density at radius 1 is 1.40 bits per heavy atom. The predicted octanol–water partition coefficient (Wildman–Crippen LogP) is 1.78. The molecule has 0 heterocycles. The molecule has 3 nitrogen and oxygen atoms in total. The zero-order chi connectivity index (χ0) is 11.6. The molecule has 0 saturated carbocycles. The van der Waals surface area contributed by atoms with E-state index in [1.807, 2.05) is 38.9 Å². The Bertz CT molecular complexity index is 346. The standard InChI is InChI=1S/C12H20N2O/c1-8-10(9(2)13)5-6-12(15)11(8)7-14(3)4/h5-6,9,15H,7,13H2,1-4H3. The van der Waals surface area contributed by atoms with Crippen LogP contribution in [0, 0.1) is 6.92 Å². The third-order valence-corrected chi connectivity index (χ3v) is 2.58. The Balaban J connectivity index is 3.18. The lowest BCUT2D eigenvalue weighted by molar-refractivity contribution is 0.384. The smallest absolute Gasteiger partial charge is 0.120 e. The predicted molar refractivity (Wildman–Crippen MR) is 62.8 cm³/mol. The molecule has 0 aliphatic carbocycles. The fourth-order valence-electron chi connectivity index (χ4n) is 1.77. The Labute approximate surface area is 91.5 Å². The summed E-state index contributed by atoms with van der Waals surface area (Å²) >= 11 is 0. The monoisotopic (exact) mass is 208 g/mol. The first-order valence-electron chi connectivity index (χ1n) is 5.15. The van der Waals surface area contributed by atoms with Gasteiger partial charge in [-0.05, 0) is 45.1 Å². The van der Waals surface area contributed by atoms with Gasteiger partial charge in [-0.15, -0.1) is 0 Å². The van der Waals surface area contributed by atoms with Gasteiger partial charge in [0.1, 0.15) is 5.75 Å². The van der Waals surface area contributed by atoms with Crippen molar-refractivity contribution < 1.29 is 5.11 Å². The maximum absolute atomic E-state index is 9.78. The highest BCUT2D eigenvalue weighted by atomic mass is 16.3. The van der Waals surface area contributed by atoms with Gasteiger partial charge in [0, 0.05) is 18.2 Å². The lowest BCUT2D eigenvalue weighted by atomic mass is 9.97. The highest BCUT2D eigenvalue weighted by Crippen LogP contribution is 2.27. The maximum atomic E-state index is 9.78. The molecular weight excluding hydrogens is 188 g/mol. The van der Waals surface area contributed by atoms with Gasteiger partial charge >= 0.3 is 0 Å². The summed E-state index contributed by atoms with van der Waals surface area (Å²) in [4.78, 5) is 2.03. The van der Waals surface area contributed by atoms with Crippen LogP contribution in [0.3, 0.4) is 0 Å². The first-order chi connectivity index (χ1) is 6.93. The Morgan fingerprint density at radius 2 is 2.00 bits per heavy atom. The number of nitrogens with two attached hydrogens (primary N) is 1. The van der Waals surface area contributed by atoms with Crippen molar-refractivity contribution in [2.45, 2.75) is 26.4 Å². The molecule has 1 unspecified atom stereocenters. The minimum Gasteiger partial charge on any atom is -0.508 e. The largest absolute Gasteiger partial charge is 0.508 e. The van der Waals surface area contributed by atoms with Crippen LogP contribution in [0.25, 0.3) is 0 Å². The van der Waals surface area contributed by atoms with Crippen LogP contribution in [0.4, 0.5) is 0 Å². The van der Waals surface area contributed by atoms with Crippen LogP contribution < -0.4 is 5.73 Å². The molecule has 0 saturated heterocycles. The second-order valence-corrected chi connectivity index (χ2v) is 4.30. The van der Waals surface area contributed by atoms with Crippen molar-refractivity contribution in [1.29, 1.82) is 0 Å². The minimum absolute atomic E-state index is 0.00603. The molecule has 0 aliphatic rings. The van der Waals surface area contributed by atoms with Crippen LogP contribution in [-0.4, -0.2) is 24.1 Å². The van der Waals surface area contributed by atoms with Gasteiger partial charge in [-0.1, -0.05) is 6.07 Å². The van der Waals surface area contributed by atoms with E-state index in [-0.39, 0.29) is 6.04 Å². The van der Waals surface area contributed by atoms with Crippen LogP contribution in [0.15, 0.2) is 12.1 Å². The number of hydrogen-bond donors (Lipinski definition) is 2. The van der Waals surface area contributed by atoms with E-state index in [4.69, 9.17) is 5.73 Å². The summed E-state index contributed by atoms with van der Waals surface area (Å²) in [5, 5.41) is 9.78. The number of phenols is 1. The summed E-state index contributed by atoms with van der Waals surface area (Å²) in [5.41, 5.74) is 9.03. The van der Waals surface area contributed by atoms with E-state index in [9.17, 15) is 5.11 Å². The lowest BCUT2D eigenvalue weighted by Gasteiger charge is -2.18. The van der Waals surface area contributed by atoms with E-state index in [0.29, 0.717) is 5.75 Å².